The first-order valence-electron chi connectivity index (χ1n) is 4.44. The molecular weight excluding hydrogens is 158 g/mol. The van der Waals surface area contributed by atoms with Crippen molar-refractivity contribution in [3.05, 3.63) is 41.5 Å². The number of allylic oxidation sites excluding steroid dienone is 2. The minimum atomic E-state index is 1.18. The topological polar surface area (TPSA) is 12.4 Å². The molecule has 0 fully saturated rings. The Morgan fingerprint density at radius 1 is 1.31 bits per heavy atom. The molecule has 0 aliphatic heterocycles. The summed E-state index contributed by atoms with van der Waals surface area (Å²) in [7, 11) is 1.79. The summed E-state index contributed by atoms with van der Waals surface area (Å²) in [6.45, 7) is 4.14. The van der Waals surface area contributed by atoms with Crippen LogP contribution in [0.15, 0.2) is 35.3 Å². The van der Waals surface area contributed by atoms with Crippen LogP contribution in [0.25, 0.3) is 5.57 Å². The number of hydrogen-bond acceptors (Lipinski definition) is 1. The van der Waals surface area contributed by atoms with Crippen LogP contribution in [0.2, 0.25) is 0 Å². The maximum Gasteiger partial charge on any atom is 0.0284 e. The van der Waals surface area contributed by atoms with Crippen LogP contribution >= 0.6 is 0 Å². The Bertz CT molecular complexity index is 335. The van der Waals surface area contributed by atoms with E-state index in [1.807, 2.05) is 13.1 Å². The zero-order valence-electron chi connectivity index (χ0n) is 8.41. The Balaban J connectivity index is 3.13. The van der Waals surface area contributed by atoms with Gasteiger partial charge in [0.1, 0.15) is 0 Å². The van der Waals surface area contributed by atoms with Crippen LogP contribution < -0.4 is 0 Å². The molecule has 0 N–H and O–H groups in total. The van der Waals surface area contributed by atoms with Crippen LogP contribution in [0.4, 0.5) is 0 Å². The molecule has 0 bridgehead atoms. The highest BCUT2D eigenvalue weighted by atomic mass is 14.6. The van der Waals surface area contributed by atoms with E-state index in [1.54, 1.807) is 7.05 Å². The van der Waals surface area contributed by atoms with E-state index in [0.29, 0.717) is 0 Å². The predicted molar refractivity (Wildman–Crippen MR) is 59.2 cm³/mol. The zero-order chi connectivity index (χ0) is 9.68. The molecule has 1 nitrogen and oxygen atoms in total. The number of aliphatic imine (C=N–C) groups is 1. The average molecular weight is 173 g/mol. The Kier molecular flexibility index (Phi) is 3.44. The van der Waals surface area contributed by atoms with Crippen LogP contribution in [-0.2, 0) is 0 Å². The fraction of sp³-hybridized carbons (Fsp3) is 0.250. The van der Waals surface area contributed by atoms with Crippen molar-refractivity contribution in [3.8, 4) is 0 Å². The van der Waals surface area contributed by atoms with Gasteiger partial charge in [-0.2, -0.15) is 0 Å². The number of rotatable bonds is 2. The maximum atomic E-state index is 4.03. The molecule has 0 aromatic heterocycles. The maximum absolute atomic E-state index is 4.03. The summed E-state index contributed by atoms with van der Waals surface area (Å²) in [6.07, 6.45) is 3.97. The van der Waals surface area contributed by atoms with E-state index in [-0.39, 0.29) is 0 Å². The van der Waals surface area contributed by atoms with Crippen molar-refractivity contribution in [1.82, 2.24) is 0 Å². The molecular formula is C12H15N. The second-order valence-corrected chi connectivity index (χ2v) is 2.95. The lowest BCUT2D eigenvalue weighted by Gasteiger charge is -2.04. The minimum absolute atomic E-state index is 1.18. The van der Waals surface area contributed by atoms with Crippen molar-refractivity contribution >= 4 is 11.8 Å². The third-order valence-corrected chi connectivity index (χ3v) is 2.04. The molecule has 0 amide bonds. The van der Waals surface area contributed by atoms with Gasteiger partial charge in [-0.3, -0.25) is 4.99 Å². The summed E-state index contributed by atoms with van der Waals surface area (Å²) in [5.74, 6) is 0. The van der Waals surface area contributed by atoms with E-state index in [9.17, 15) is 0 Å². The molecule has 0 saturated carbocycles. The van der Waals surface area contributed by atoms with E-state index in [4.69, 9.17) is 0 Å². The molecule has 68 valence electrons. The Hall–Kier alpha value is -1.37. The summed E-state index contributed by atoms with van der Waals surface area (Å²) in [6, 6.07) is 8.33. The van der Waals surface area contributed by atoms with E-state index in [1.165, 1.54) is 16.7 Å². The fourth-order valence-electron chi connectivity index (χ4n) is 1.34. The van der Waals surface area contributed by atoms with E-state index >= 15 is 0 Å². The molecule has 1 rings (SSSR count). The molecule has 13 heavy (non-hydrogen) atoms. The zero-order valence-corrected chi connectivity index (χ0v) is 8.41. The van der Waals surface area contributed by atoms with Gasteiger partial charge in [-0.1, -0.05) is 30.3 Å². The first kappa shape index (κ1) is 9.72. The molecule has 0 atom stereocenters. The van der Waals surface area contributed by atoms with Crippen molar-refractivity contribution in [3.63, 3.8) is 0 Å². The number of hydrogen-bond donors (Lipinski definition) is 0. The lowest BCUT2D eigenvalue weighted by Crippen LogP contribution is -1.89. The van der Waals surface area contributed by atoms with Crippen molar-refractivity contribution in [2.24, 2.45) is 4.99 Å². The summed E-state index contributed by atoms with van der Waals surface area (Å²) < 4.78 is 0. The van der Waals surface area contributed by atoms with Crippen molar-refractivity contribution in [1.29, 1.82) is 0 Å². The fourth-order valence-corrected chi connectivity index (χ4v) is 1.34. The molecule has 1 aromatic carbocycles. The van der Waals surface area contributed by atoms with Gasteiger partial charge in [-0.25, -0.2) is 0 Å². The first-order valence-corrected chi connectivity index (χ1v) is 4.44. The molecule has 0 saturated heterocycles. The number of aryl methyl sites for hydroxylation is 1. The molecule has 1 aromatic rings. The summed E-state index contributed by atoms with van der Waals surface area (Å²) in [5, 5.41) is 0. The second-order valence-electron chi connectivity index (χ2n) is 2.95. The monoisotopic (exact) mass is 173 g/mol. The third-order valence-electron chi connectivity index (χ3n) is 2.04. The van der Waals surface area contributed by atoms with Crippen LogP contribution in [0, 0.1) is 6.92 Å². The van der Waals surface area contributed by atoms with Crippen molar-refractivity contribution < 1.29 is 0 Å². The van der Waals surface area contributed by atoms with Gasteiger partial charge in [-0.05, 0) is 30.5 Å². The molecule has 0 unspecified atom stereocenters. The number of nitrogens with zero attached hydrogens (tertiary/aromatic N) is 1. The minimum Gasteiger partial charge on any atom is -0.296 e. The van der Waals surface area contributed by atoms with Gasteiger partial charge in [-0.15, -0.1) is 0 Å². The second kappa shape index (κ2) is 4.61. The summed E-state index contributed by atoms with van der Waals surface area (Å²) >= 11 is 0. The van der Waals surface area contributed by atoms with Gasteiger partial charge in [0.25, 0.3) is 0 Å². The lowest BCUT2D eigenvalue weighted by atomic mass is 10.0. The van der Waals surface area contributed by atoms with Gasteiger partial charge < -0.3 is 0 Å². The summed E-state index contributed by atoms with van der Waals surface area (Å²) in [4.78, 5) is 4.03. The summed E-state index contributed by atoms with van der Waals surface area (Å²) in [5.41, 5.74) is 3.73. The Morgan fingerprint density at radius 3 is 2.54 bits per heavy atom. The van der Waals surface area contributed by atoms with E-state index in [2.05, 4.69) is 42.3 Å². The molecule has 0 aliphatic rings. The normalized spacial score (nSPS) is 12.4. The highest BCUT2D eigenvalue weighted by Crippen LogP contribution is 2.16. The molecule has 0 heterocycles. The van der Waals surface area contributed by atoms with Crippen molar-refractivity contribution in [2.45, 2.75) is 13.8 Å². The van der Waals surface area contributed by atoms with Crippen LogP contribution in [0.5, 0.6) is 0 Å². The average Bonchev–Trinajstić information content (AvgIpc) is 2.16. The largest absolute Gasteiger partial charge is 0.296 e. The molecule has 0 spiro atoms. The van der Waals surface area contributed by atoms with Crippen LogP contribution in [0.1, 0.15) is 18.1 Å². The Morgan fingerprint density at radius 2 is 2.00 bits per heavy atom. The standard InChI is InChI=1S/C12H15N/c1-4-11(9-13-3)12-8-6-5-7-10(12)2/h4-9H,1-3H3/b11-4+,13-9?. The van der Waals surface area contributed by atoms with E-state index in [0.717, 1.165) is 0 Å². The molecule has 1 heteroatoms. The smallest absolute Gasteiger partial charge is 0.0284 e. The van der Waals surface area contributed by atoms with Crippen LogP contribution in [-0.4, -0.2) is 13.3 Å². The molecule has 0 radical (unpaired) electrons. The number of benzene rings is 1. The van der Waals surface area contributed by atoms with Crippen molar-refractivity contribution in [2.75, 3.05) is 7.05 Å². The van der Waals surface area contributed by atoms with Crippen LogP contribution in [0.3, 0.4) is 0 Å². The molecule has 0 aliphatic carbocycles. The van der Waals surface area contributed by atoms with Gasteiger partial charge >= 0.3 is 0 Å². The quantitative estimate of drug-likeness (QED) is 0.609. The van der Waals surface area contributed by atoms with E-state index < -0.39 is 0 Å². The highest BCUT2D eigenvalue weighted by molar-refractivity contribution is 6.10. The predicted octanol–water partition coefficient (Wildman–Crippen LogP) is 3.10. The highest BCUT2D eigenvalue weighted by Gasteiger charge is 1.99. The van der Waals surface area contributed by atoms with Gasteiger partial charge in [0.2, 0.25) is 0 Å². The van der Waals surface area contributed by atoms with Gasteiger partial charge in [0.15, 0.2) is 0 Å². The SMILES string of the molecule is C/C=C(\C=NC)c1ccccc1C. The third kappa shape index (κ3) is 2.28. The lowest BCUT2D eigenvalue weighted by molar-refractivity contribution is 1.42. The Labute approximate surface area is 79.8 Å². The van der Waals surface area contributed by atoms with Gasteiger partial charge in [0.05, 0.1) is 0 Å². The first-order chi connectivity index (χ1) is 6.29. The van der Waals surface area contributed by atoms with Gasteiger partial charge in [0, 0.05) is 13.3 Å².